The third-order valence-electron chi connectivity index (χ3n) is 6.32. The Morgan fingerprint density at radius 1 is 1.14 bits per heavy atom. The van der Waals surface area contributed by atoms with Gasteiger partial charge in [0.05, 0.1) is 19.8 Å². The first kappa shape index (κ1) is 24.7. The van der Waals surface area contributed by atoms with E-state index in [2.05, 4.69) is 34.3 Å². The second kappa shape index (κ2) is 12.9. The molecule has 3 rings (SSSR count). The van der Waals surface area contributed by atoms with Gasteiger partial charge in [-0.2, -0.15) is 0 Å². The van der Waals surface area contributed by atoms with Gasteiger partial charge in [-0.05, 0) is 33.1 Å². The van der Waals surface area contributed by atoms with E-state index in [1.165, 1.54) is 19.3 Å². The van der Waals surface area contributed by atoms with Crippen LogP contribution >= 0.6 is 24.0 Å². The minimum atomic E-state index is 0. The summed E-state index contributed by atoms with van der Waals surface area (Å²) in [6.07, 6.45) is 6.88. The fourth-order valence-electron chi connectivity index (χ4n) is 4.56. The quantitative estimate of drug-likeness (QED) is 0.318. The summed E-state index contributed by atoms with van der Waals surface area (Å²) in [5, 5.41) is 6.93. The highest BCUT2D eigenvalue weighted by Gasteiger charge is 2.31. The van der Waals surface area contributed by atoms with Crippen LogP contribution in [0, 0.1) is 5.92 Å². The summed E-state index contributed by atoms with van der Waals surface area (Å²) in [5.41, 5.74) is 0. The van der Waals surface area contributed by atoms with Gasteiger partial charge in [-0.15, -0.1) is 24.0 Å². The molecule has 168 valence electrons. The highest BCUT2D eigenvalue weighted by molar-refractivity contribution is 14.0. The van der Waals surface area contributed by atoms with Gasteiger partial charge >= 0.3 is 0 Å². The Kier molecular flexibility index (Phi) is 11.0. The van der Waals surface area contributed by atoms with Crippen molar-refractivity contribution in [2.45, 2.75) is 64.5 Å². The first-order valence-corrected chi connectivity index (χ1v) is 11.3. The molecule has 0 aromatic heterocycles. The maximum absolute atomic E-state index is 12.8. The first-order valence-electron chi connectivity index (χ1n) is 11.3. The number of hydrogen-bond acceptors (Lipinski definition) is 4. The largest absolute Gasteiger partial charge is 0.379 e. The molecule has 1 saturated carbocycles. The molecule has 3 aliphatic rings. The number of halogens is 1. The van der Waals surface area contributed by atoms with Crippen LogP contribution in [0.15, 0.2) is 4.99 Å². The van der Waals surface area contributed by atoms with E-state index >= 15 is 0 Å². The maximum atomic E-state index is 12.8. The monoisotopic (exact) mass is 521 g/mol. The zero-order valence-corrected chi connectivity index (χ0v) is 20.5. The van der Waals surface area contributed by atoms with Gasteiger partial charge in [-0.1, -0.05) is 19.3 Å². The number of ether oxygens (including phenoxy) is 1. The highest BCUT2D eigenvalue weighted by atomic mass is 127. The SMILES string of the molecule is CCNC(=NCC(C)N1CCOCC1)NC1CCN(C(=O)C2CCCCC2)C1.I. The Balaban J connectivity index is 0.00000300. The predicted octanol–water partition coefficient (Wildman–Crippen LogP) is 2.06. The van der Waals surface area contributed by atoms with Crippen LogP contribution in [0.25, 0.3) is 0 Å². The molecule has 0 radical (unpaired) electrons. The Hall–Kier alpha value is -0.610. The van der Waals surface area contributed by atoms with Crippen molar-refractivity contribution < 1.29 is 9.53 Å². The van der Waals surface area contributed by atoms with Crippen molar-refractivity contribution >= 4 is 35.8 Å². The van der Waals surface area contributed by atoms with Crippen LogP contribution in [0.3, 0.4) is 0 Å². The molecule has 3 fully saturated rings. The normalized spacial score (nSPS) is 25.4. The molecular weight excluding hydrogens is 481 g/mol. The zero-order valence-electron chi connectivity index (χ0n) is 18.2. The summed E-state index contributed by atoms with van der Waals surface area (Å²) in [5.74, 6) is 1.52. The molecule has 0 aromatic rings. The van der Waals surface area contributed by atoms with Crippen molar-refractivity contribution in [1.29, 1.82) is 0 Å². The van der Waals surface area contributed by atoms with Crippen molar-refractivity contribution in [2.24, 2.45) is 10.9 Å². The Morgan fingerprint density at radius 2 is 1.86 bits per heavy atom. The number of hydrogen-bond donors (Lipinski definition) is 2. The van der Waals surface area contributed by atoms with Gasteiger partial charge in [0.1, 0.15) is 0 Å². The molecule has 2 aliphatic heterocycles. The number of guanidine groups is 1. The molecule has 1 amide bonds. The van der Waals surface area contributed by atoms with E-state index in [1.54, 1.807) is 0 Å². The third-order valence-corrected chi connectivity index (χ3v) is 6.32. The number of morpholine rings is 1. The van der Waals surface area contributed by atoms with Gasteiger partial charge in [0.25, 0.3) is 0 Å². The van der Waals surface area contributed by atoms with Crippen LogP contribution in [0.2, 0.25) is 0 Å². The lowest BCUT2D eigenvalue weighted by Crippen LogP contribution is -2.47. The molecule has 29 heavy (non-hydrogen) atoms. The maximum Gasteiger partial charge on any atom is 0.225 e. The molecule has 7 nitrogen and oxygen atoms in total. The molecule has 2 saturated heterocycles. The van der Waals surface area contributed by atoms with E-state index in [0.717, 1.165) is 77.7 Å². The summed E-state index contributed by atoms with van der Waals surface area (Å²) < 4.78 is 5.44. The van der Waals surface area contributed by atoms with Gasteiger partial charge < -0.3 is 20.3 Å². The molecule has 1 aliphatic carbocycles. The zero-order chi connectivity index (χ0) is 19.8. The number of carbonyl (C=O) groups excluding carboxylic acids is 1. The van der Waals surface area contributed by atoms with E-state index in [-0.39, 0.29) is 29.9 Å². The summed E-state index contributed by atoms with van der Waals surface area (Å²) in [6.45, 7) is 11.2. The first-order chi connectivity index (χ1) is 13.7. The number of nitrogens with zero attached hydrogens (tertiary/aromatic N) is 3. The summed E-state index contributed by atoms with van der Waals surface area (Å²) in [6, 6.07) is 0.705. The summed E-state index contributed by atoms with van der Waals surface area (Å²) in [4.78, 5) is 22.1. The van der Waals surface area contributed by atoms with Crippen LogP contribution in [-0.2, 0) is 9.53 Å². The number of likely N-dealkylation sites (tertiary alicyclic amines) is 1. The van der Waals surface area contributed by atoms with Crippen molar-refractivity contribution in [3.63, 3.8) is 0 Å². The van der Waals surface area contributed by atoms with Gasteiger partial charge in [-0.25, -0.2) is 0 Å². The van der Waals surface area contributed by atoms with Crippen LogP contribution in [0.5, 0.6) is 0 Å². The van der Waals surface area contributed by atoms with Crippen LogP contribution in [-0.4, -0.2) is 86.2 Å². The molecule has 2 heterocycles. The minimum absolute atomic E-state index is 0. The van der Waals surface area contributed by atoms with Gasteiger partial charge in [-0.3, -0.25) is 14.7 Å². The topological polar surface area (TPSA) is 69.2 Å². The Morgan fingerprint density at radius 3 is 2.55 bits per heavy atom. The Labute approximate surface area is 193 Å². The van der Waals surface area contributed by atoms with Gasteiger partial charge in [0.2, 0.25) is 5.91 Å². The number of amides is 1. The lowest BCUT2D eigenvalue weighted by atomic mass is 9.88. The predicted molar refractivity (Wildman–Crippen MR) is 128 cm³/mol. The number of rotatable bonds is 6. The standard InChI is InChI=1S/C21H39N5O2.HI/c1-3-22-21(23-15-17(2)25-11-13-28-14-12-25)24-19-9-10-26(16-19)20(27)18-7-5-4-6-8-18;/h17-19H,3-16H2,1-2H3,(H2,22,23,24);1H. The van der Waals surface area contributed by atoms with Crippen molar-refractivity contribution in [1.82, 2.24) is 20.4 Å². The average Bonchev–Trinajstić information content (AvgIpc) is 3.21. The highest BCUT2D eigenvalue weighted by Crippen LogP contribution is 2.26. The second-order valence-electron chi connectivity index (χ2n) is 8.47. The number of nitrogens with one attached hydrogen (secondary N) is 2. The molecule has 8 heteroatoms. The van der Waals surface area contributed by atoms with Crippen LogP contribution in [0.1, 0.15) is 52.4 Å². The van der Waals surface area contributed by atoms with Crippen molar-refractivity contribution in [2.75, 3.05) is 52.5 Å². The number of aliphatic imine (C=N–C) groups is 1. The molecule has 0 aromatic carbocycles. The smallest absolute Gasteiger partial charge is 0.225 e. The lowest BCUT2D eigenvalue weighted by Gasteiger charge is -2.31. The van der Waals surface area contributed by atoms with E-state index in [9.17, 15) is 4.79 Å². The molecule has 0 spiro atoms. The molecular formula is C21H40IN5O2. The van der Waals surface area contributed by atoms with E-state index in [1.807, 2.05) is 0 Å². The molecule has 0 bridgehead atoms. The lowest BCUT2D eigenvalue weighted by molar-refractivity contribution is -0.135. The van der Waals surface area contributed by atoms with E-state index in [0.29, 0.717) is 18.0 Å². The second-order valence-corrected chi connectivity index (χ2v) is 8.47. The Bertz CT molecular complexity index is 521. The van der Waals surface area contributed by atoms with Gasteiger partial charge in [0.15, 0.2) is 5.96 Å². The third kappa shape index (κ3) is 7.54. The minimum Gasteiger partial charge on any atom is -0.379 e. The van der Waals surface area contributed by atoms with Crippen LogP contribution in [0.4, 0.5) is 0 Å². The van der Waals surface area contributed by atoms with E-state index < -0.39 is 0 Å². The van der Waals surface area contributed by atoms with Crippen molar-refractivity contribution in [3.8, 4) is 0 Å². The molecule has 2 atom stereocenters. The van der Waals surface area contributed by atoms with Crippen LogP contribution < -0.4 is 10.6 Å². The fraction of sp³-hybridized carbons (Fsp3) is 0.905. The average molecular weight is 521 g/mol. The summed E-state index contributed by atoms with van der Waals surface area (Å²) >= 11 is 0. The fourth-order valence-corrected chi connectivity index (χ4v) is 4.56. The van der Waals surface area contributed by atoms with E-state index in [4.69, 9.17) is 9.73 Å². The molecule has 2 unspecified atom stereocenters. The van der Waals surface area contributed by atoms with Gasteiger partial charge in [0, 0.05) is 50.7 Å². The number of carbonyl (C=O) groups is 1. The summed E-state index contributed by atoms with van der Waals surface area (Å²) in [7, 11) is 0. The van der Waals surface area contributed by atoms with Crippen molar-refractivity contribution in [3.05, 3.63) is 0 Å². The molecule has 2 N–H and O–H groups in total.